The molecule has 0 aromatic carbocycles. The van der Waals surface area contributed by atoms with Crippen LogP contribution in [0.5, 0.6) is 0 Å². The third kappa shape index (κ3) is 4.58. The zero-order valence-corrected chi connectivity index (χ0v) is 13.0. The molecule has 0 aliphatic heterocycles. The van der Waals surface area contributed by atoms with Gasteiger partial charge < -0.3 is 11.1 Å². The maximum Gasteiger partial charge on any atom is 0.221 e. The number of hydrogen-bond donors (Lipinski definition) is 2. The third-order valence-electron chi connectivity index (χ3n) is 3.70. The van der Waals surface area contributed by atoms with Gasteiger partial charge in [-0.1, -0.05) is 6.92 Å². The van der Waals surface area contributed by atoms with Gasteiger partial charge in [-0.05, 0) is 41.7 Å². The SMILES string of the molecule is CCCNC(=O)CC(CN)N(Cc1ccsc1)C1CC1. The van der Waals surface area contributed by atoms with Crippen LogP contribution in [0.3, 0.4) is 0 Å². The Morgan fingerprint density at radius 3 is 2.95 bits per heavy atom. The first kappa shape index (κ1) is 15.5. The molecule has 3 N–H and O–H groups in total. The molecule has 1 aromatic rings. The highest BCUT2D eigenvalue weighted by molar-refractivity contribution is 7.07. The van der Waals surface area contributed by atoms with E-state index in [1.54, 1.807) is 11.3 Å². The molecule has 0 saturated heterocycles. The molecule has 0 radical (unpaired) electrons. The van der Waals surface area contributed by atoms with E-state index in [1.807, 2.05) is 0 Å². The Morgan fingerprint density at radius 1 is 1.60 bits per heavy atom. The van der Waals surface area contributed by atoms with Crippen LogP contribution in [0.25, 0.3) is 0 Å². The summed E-state index contributed by atoms with van der Waals surface area (Å²) in [4.78, 5) is 14.4. The quantitative estimate of drug-likeness (QED) is 0.732. The van der Waals surface area contributed by atoms with Gasteiger partial charge in [0.05, 0.1) is 0 Å². The maximum atomic E-state index is 11.9. The normalized spacial score (nSPS) is 16.4. The highest BCUT2D eigenvalue weighted by atomic mass is 32.1. The average Bonchev–Trinajstić information content (AvgIpc) is 3.17. The average molecular weight is 295 g/mol. The summed E-state index contributed by atoms with van der Waals surface area (Å²) >= 11 is 1.72. The van der Waals surface area contributed by atoms with E-state index in [0.29, 0.717) is 19.0 Å². The summed E-state index contributed by atoms with van der Waals surface area (Å²) in [7, 11) is 0. The lowest BCUT2D eigenvalue weighted by molar-refractivity contribution is -0.122. The zero-order chi connectivity index (χ0) is 14.4. The van der Waals surface area contributed by atoms with Gasteiger partial charge in [-0.2, -0.15) is 11.3 Å². The van der Waals surface area contributed by atoms with Gasteiger partial charge in [0.1, 0.15) is 0 Å². The van der Waals surface area contributed by atoms with Crippen molar-refractivity contribution in [2.45, 2.75) is 51.2 Å². The van der Waals surface area contributed by atoms with Crippen LogP contribution in [0.4, 0.5) is 0 Å². The first-order valence-electron chi connectivity index (χ1n) is 7.48. The van der Waals surface area contributed by atoms with E-state index < -0.39 is 0 Å². The van der Waals surface area contributed by atoms with Crippen LogP contribution in [0.1, 0.15) is 38.2 Å². The first-order chi connectivity index (χ1) is 9.74. The van der Waals surface area contributed by atoms with Crippen molar-refractivity contribution >= 4 is 17.2 Å². The van der Waals surface area contributed by atoms with Gasteiger partial charge in [-0.25, -0.2) is 0 Å². The van der Waals surface area contributed by atoms with Crippen molar-refractivity contribution in [2.75, 3.05) is 13.1 Å². The van der Waals surface area contributed by atoms with E-state index >= 15 is 0 Å². The van der Waals surface area contributed by atoms with Crippen molar-refractivity contribution in [2.24, 2.45) is 5.73 Å². The Hall–Kier alpha value is -0.910. The fourth-order valence-electron chi connectivity index (χ4n) is 2.44. The van der Waals surface area contributed by atoms with Crippen LogP contribution in [0.2, 0.25) is 0 Å². The third-order valence-corrected chi connectivity index (χ3v) is 4.43. The standard InChI is InChI=1S/C15H25N3OS/c1-2-6-17-15(19)8-14(9-16)18(13-3-4-13)10-12-5-7-20-11-12/h5,7,11,13-14H,2-4,6,8-10,16H2,1H3,(H,17,19). The summed E-state index contributed by atoms with van der Waals surface area (Å²) in [5.74, 6) is 0.123. The molecule has 2 rings (SSSR count). The topological polar surface area (TPSA) is 58.4 Å². The minimum atomic E-state index is 0.123. The van der Waals surface area contributed by atoms with Gasteiger partial charge in [-0.15, -0.1) is 0 Å². The minimum Gasteiger partial charge on any atom is -0.356 e. The molecule has 1 saturated carbocycles. The lowest BCUT2D eigenvalue weighted by Crippen LogP contribution is -2.44. The number of thiophene rings is 1. The molecular weight excluding hydrogens is 270 g/mol. The van der Waals surface area contributed by atoms with Crippen LogP contribution in [0.15, 0.2) is 16.8 Å². The molecule has 5 heteroatoms. The molecule has 0 bridgehead atoms. The monoisotopic (exact) mass is 295 g/mol. The van der Waals surface area contributed by atoms with E-state index in [-0.39, 0.29) is 11.9 Å². The number of hydrogen-bond acceptors (Lipinski definition) is 4. The molecule has 0 spiro atoms. The Bertz CT molecular complexity index is 403. The van der Waals surface area contributed by atoms with E-state index in [9.17, 15) is 4.79 Å². The minimum absolute atomic E-state index is 0.123. The van der Waals surface area contributed by atoms with Crippen LogP contribution < -0.4 is 11.1 Å². The summed E-state index contributed by atoms with van der Waals surface area (Å²) in [5.41, 5.74) is 7.25. The molecule has 20 heavy (non-hydrogen) atoms. The summed E-state index contributed by atoms with van der Waals surface area (Å²) in [6, 6.07) is 2.92. The lowest BCUT2D eigenvalue weighted by atomic mass is 10.1. The van der Waals surface area contributed by atoms with Gasteiger partial charge in [-0.3, -0.25) is 9.69 Å². The van der Waals surface area contributed by atoms with Crippen LogP contribution in [-0.2, 0) is 11.3 Å². The highest BCUT2D eigenvalue weighted by Crippen LogP contribution is 2.31. The van der Waals surface area contributed by atoms with Gasteiger partial charge in [0.2, 0.25) is 5.91 Å². The Morgan fingerprint density at radius 2 is 2.40 bits per heavy atom. The van der Waals surface area contributed by atoms with E-state index in [4.69, 9.17) is 5.73 Å². The Balaban J connectivity index is 1.92. The number of nitrogens with zero attached hydrogens (tertiary/aromatic N) is 1. The number of amides is 1. The number of rotatable bonds is 9. The van der Waals surface area contributed by atoms with Crippen molar-refractivity contribution in [3.8, 4) is 0 Å². The molecule has 1 aromatic heterocycles. The Kier molecular flexibility index (Phi) is 6.01. The smallest absolute Gasteiger partial charge is 0.221 e. The van der Waals surface area contributed by atoms with Gasteiger partial charge in [0, 0.05) is 38.1 Å². The van der Waals surface area contributed by atoms with Crippen LogP contribution >= 0.6 is 11.3 Å². The molecule has 1 atom stereocenters. The molecular formula is C15H25N3OS. The number of nitrogens with one attached hydrogen (secondary N) is 1. The van der Waals surface area contributed by atoms with Crippen molar-refractivity contribution in [3.05, 3.63) is 22.4 Å². The zero-order valence-electron chi connectivity index (χ0n) is 12.2. The molecule has 1 heterocycles. The molecule has 1 amide bonds. The summed E-state index contributed by atoms with van der Waals surface area (Å²) in [5, 5.41) is 7.23. The van der Waals surface area contributed by atoms with E-state index in [0.717, 1.165) is 19.5 Å². The molecule has 1 fully saturated rings. The summed E-state index contributed by atoms with van der Waals surface area (Å²) < 4.78 is 0. The van der Waals surface area contributed by atoms with Crippen molar-refractivity contribution in [1.29, 1.82) is 0 Å². The van der Waals surface area contributed by atoms with Crippen molar-refractivity contribution < 1.29 is 4.79 Å². The predicted octanol–water partition coefficient (Wildman–Crippen LogP) is 1.96. The van der Waals surface area contributed by atoms with E-state index in [1.165, 1.54) is 18.4 Å². The number of carbonyl (C=O) groups is 1. The Labute approximate surface area is 125 Å². The highest BCUT2D eigenvalue weighted by Gasteiger charge is 2.34. The predicted molar refractivity (Wildman–Crippen MR) is 83.6 cm³/mol. The molecule has 1 aliphatic rings. The summed E-state index contributed by atoms with van der Waals surface area (Å²) in [6.45, 7) is 4.27. The van der Waals surface area contributed by atoms with Crippen molar-refractivity contribution in [1.82, 2.24) is 10.2 Å². The van der Waals surface area contributed by atoms with Gasteiger partial charge in [0.25, 0.3) is 0 Å². The largest absolute Gasteiger partial charge is 0.356 e. The fraction of sp³-hybridized carbons (Fsp3) is 0.667. The van der Waals surface area contributed by atoms with E-state index in [2.05, 4.69) is 34.0 Å². The second-order valence-electron chi connectivity index (χ2n) is 5.48. The van der Waals surface area contributed by atoms with Crippen molar-refractivity contribution in [3.63, 3.8) is 0 Å². The molecule has 4 nitrogen and oxygen atoms in total. The molecule has 112 valence electrons. The second kappa shape index (κ2) is 7.76. The molecule has 1 unspecified atom stereocenters. The first-order valence-corrected chi connectivity index (χ1v) is 8.42. The van der Waals surface area contributed by atoms with Crippen LogP contribution in [0, 0.1) is 0 Å². The van der Waals surface area contributed by atoms with Gasteiger partial charge in [0.15, 0.2) is 0 Å². The number of carbonyl (C=O) groups excluding carboxylic acids is 1. The fourth-order valence-corrected chi connectivity index (χ4v) is 3.10. The number of nitrogens with two attached hydrogens (primary N) is 1. The second-order valence-corrected chi connectivity index (χ2v) is 6.26. The van der Waals surface area contributed by atoms with Gasteiger partial charge >= 0.3 is 0 Å². The lowest BCUT2D eigenvalue weighted by Gasteiger charge is -2.30. The molecule has 1 aliphatic carbocycles. The summed E-state index contributed by atoms with van der Waals surface area (Å²) in [6.07, 6.45) is 3.95. The maximum absolute atomic E-state index is 11.9. The van der Waals surface area contributed by atoms with Crippen LogP contribution in [-0.4, -0.2) is 36.0 Å².